The number of amides is 1. The number of carbonyl (C=O) groups is 1. The highest BCUT2D eigenvalue weighted by molar-refractivity contribution is 7.17. The third-order valence-corrected chi connectivity index (χ3v) is 6.79. The molecule has 8 nitrogen and oxygen atoms in total. The molecule has 160 valence electrons. The second-order valence-corrected chi connectivity index (χ2v) is 8.69. The van der Waals surface area contributed by atoms with Crippen LogP contribution in [0.25, 0.3) is 10.6 Å². The van der Waals surface area contributed by atoms with Crippen molar-refractivity contribution in [2.24, 2.45) is 5.92 Å². The van der Waals surface area contributed by atoms with Crippen LogP contribution in [0, 0.1) is 11.9 Å². The number of aromatic nitrogens is 4. The third kappa shape index (κ3) is 3.77. The number of rotatable bonds is 4. The molecule has 2 aliphatic rings. The summed E-state index contributed by atoms with van der Waals surface area (Å²) >= 11 is 1.17. The molecule has 0 bridgehead atoms. The average molecular weight is 441 g/mol. The van der Waals surface area contributed by atoms with E-state index in [-0.39, 0.29) is 24.0 Å². The van der Waals surface area contributed by atoms with Crippen molar-refractivity contribution in [2.75, 3.05) is 36.0 Å². The first-order valence-corrected chi connectivity index (χ1v) is 11.1. The van der Waals surface area contributed by atoms with Gasteiger partial charge >= 0.3 is 0 Å². The number of carbonyl (C=O) groups excluding carboxylic acids is 1. The Kier molecular flexibility index (Phi) is 5.33. The van der Waals surface area contributed by atoms with Crippen molar-refractivity contribution in [3.63, 3.8) is 0 Å². The van der Waals surface area contributed by atoms with E-state index in [1.165, 1.54) is 16.2 Å². The summed E-state index contributed by atoms with van der Waals surface area (Å²) in [5, 5.41) is 9.87. The van der Waals surface area contributed by atoms with E-state index < -0.39 is 5.95 Å². The van der Waals surface area contributed by atoms with Crippen LogP contribution in [0.15, 0.2) is 30.6 Å². The molecule has 0 spiro atoms. The maximum Gasteiger partial charge on any atom is 0.272 e. The maximum atomic E-state index is 14.9. The summed E-state index contributed by atoms with van der Waals surface area (Å²) in [4.78, 5) is 34.0. The van der Waals surface area contributed by atoms with E-state index in [1.807, 2.05) is 4.90 Å². The maximum absolute atomic E-state index is 14.9. The predicted molar refractivity (Wildman–Crippen MR) is 115 cm³/mol. The molecule has 5 heterocycles. The van der Waals surface area contributed by atoms with Crippen molar-refractivity contribution in [3.8, 4) is 10.6 Å². The third-order valence-electron chi connectivity index (χ3n) is 5.67. The van der Waals surface area contributed by atoms with Crippen molar-refractivity contribution in [2.45, 2.75) is 19.3 Å². The second-order valence-electron chi connectivity index (χ2n) is 7.70. The smallest absolute Gasteiger partial charge is 0.272 e. The predicted octanol–water partition coefficient (Wildman–Crippen LogP) is 2.55. The summed E-state index contributed by atoms with van der Waals surface area (Å²) < 4.78 is 14.9. The summed E-state index contributed by atoms with van der Waals surface area (Å²) in [5.74, 6) is 0.277. The highest BCUT2D eigenvalue weighted by Crippen LogP contribution is 2.34. The fraction of sp³-hybridized carbons (Fsp3) is 0.381. The van der Waals surface area contributed by atoms with Crippen LogP contribution < -0.4 is 9.80 Å². The van der Waals surface area contributed by atoms with Gasteiger partial charge in [-0.3, -0.25) is 9.69 Å². The largest absolute Gasteiger partial charge is 0.396 e. The Morgan fingerprint density at radius 2 is 2.03 bits per heavy atom. The molecule has 3 aromatic rings. The van der Waals surface area contributed by atoms with Crippen molar-refractivity contribution in [1.29, 1.82) is 0 Å². The zero-order valence-electron chi connectivity index (χ0n) is 16.7. The average Bonchev–Trinajstić information content (AvgIpc) is 3.25. The van der Waals surface area contributed by atoms with Gasteiger partial charge < -0.3 is 10.0 Å². The molecule has 0 aliphatic carbocycles. The fourth-order valence-corrected chi connectivity index (χ4v) is 5.12. The van der Waals surface area contributed by atoms with Crippen LogP contribution in [0.2, 0.25) is 0 Å². The van der Waals surface area contributed by atoms with Crippen LogP contribution in [0.1, 0.15) is 28.2 Å². The number of nitrogens with zero attached hydrogens (tertiary/aromatic N) is 6. The molecule has 0 unspecified atom stereocenters. The van der Waals surface area contributed by atoms with Crippen molar-refractivity contribution >= 4 is 29.0 Å². The van der Waals surface area contributed by atoms with E-state index >= 15 is 0 Å². The lowest BCUT2D eigenvalue weighted by Crippen LogP contribution is -2.38. The molecule has 1 saturated heterocycles. The Hall–Kier alpha value is -2.98. The molecule has 3 aromatic heterocycles. The summed E-state index contributed by atoms with van der Waals surface area (Å²) in [6, 6.07) is 5.15. The molecule has 31 heavy (non-hydrogen) atoms. The number of thiazole rings is 1. The second kappa shape index (κ2) is 8.27. The van der Waals surface area contributed by atoms with E-state index in [0.29, 0.717) is 46.9 Å². The van der Waals surface area contributed by atoms with Crippen LogP contribution in [-0.4, -0.2) is 57.2 Å². The normalized spacial score (nSPS) is 18.9. The Morgan fingerprint density at radius 1 is 1.19 bits per heavy atom. The molecule has 1 N–H and O–H groups in total. The molecule has 10 heteroatoms. The Bertz CT molecular complexity index is 1110. The number of hydrogen-bond donors (Lipinski definition) is 1. The number of aliphatic hydroxyl groups excluding tert-OH is 1. The summed E-state index contributed by atoms with van der Waals surface area (Å²) in [7, 11) is 0. The van der Waals surface area contributed by atoms with Gasteiger partial charge in [0.25, 0.3) is 5.91 Å². The number of fused-ring (bicyclic) bond motifs is 1. The van der Waals surface area contributed by atoms with Crippen LogP contribution in [0.5, 0.6) is 0 Å². The van der Waals surface area contributed by atoms with Gasteiger partial charge in [0.2, 0.25) is 11.9 Å². The number of halogens is 1. The number of hydrogen-bond acceptors (Lipinski definition) is 8. The van der Waals surface area contributed by atoms with Gasteiger partial charge in [0.05, 0.1) is 11.3 Å². The quantitative estimate of drug-likeness (QED) is 0.623. The van der Waals surface area contributed by atoms with Crippen molar-refractivity contribution in [3.05, 3.63) is 47.1 Å². The molecule has 1 amide bonds. The van der Waals surface area contributed by atoms with Crippen LogP contribution in [-0.2, 0) is 6.42 Å². The molecule has 0 radical (unpaired) electrons. The lowest BCUT2D eigenvalue weighted by molar-refractivity contribution is 0.0982. The van der Waals surface area contributed by atoms with Gasteiger partial charge in [0.15, 0.2) is 0 Å². The number of piperidine rings is 1. The zero-order valence-corrected chi connectivity index (χ0v) is 17.6. The van der Waals surface area contributed by atoms with Crippen LogP contribution in [0.3, 0.4) is 0 Å². The van der Waals surface area contributed by atoms with Gasteiger partial charge in [-0.15, -0.1) is 11.3 Å². The highest BCUT2D eigenvalue weighted by Gasteiger charge is 2.31. The number of anilines is 2. The standard InChI is InChI=1S/C21H21FN6O2S/c22-18-14(4-5-16(26-18)27-9-1-3-13(11-27)12-29)19-25-15-6-10-28(20(30)17(15)31-19)21-23-7-2-8-24-21/h2,4-5,7-8,13,29H,1,3,6,9-12H2/t13-/m1/s1. The topological polar surface area (TPSA) is 95.3 Å². The fourth-order valence-electron chi connectivity index (χ4n) is 4.05. The Morgan fingerprint density at radius 3 is 2.81 bits per heavy atom. The molecule has 0 saturated carbocycles. The first-order chi connectivity index (χ1) is 15.1. The molecule has 1 fully saturated rings. The SMILES string of the molecule is O=C1c2sc(-c3ccc(N4CCC[C@@H](CO)C4)nc3F)nc2CCN1c1ncccn1. The molecular weight excluding hydrogens is 419 g/mol. The molecule has 0 aromatic carbocycles. The minimum Gasteiger partial charge on any atom is -0.396 e. The minimum atomic E-state index is -0.606. The minimum absolute atomic E-state index is 0.126. The van der Waals surface area contributed by atoms with E-state index in [4.69, 9.17) is 0 Å². The van der Waals surface area contributed by atoms with Gasteiger partial charge in [0.1, 0.15) is 15.7 Å². The zero-order chi connectivity index (χ0) is 21.4. The first-order valence-electron chi connectivity index (χ1n) is 10.3. The first kappa shape index (κ1) is 20.0. The number of pyridine rings is 1. The summed E-state index contributed by atoms with van der Waals surface area (Å²) in [6.07, 6.45) is 5.66. The molecule has 2 aliphatic heterocycles. The van der Waals surface area contributed by atoms with E-state index in [1.54, 1.807) is 30.6 Å². The van der Waals surface area contributed by atoms with E-state index in [0.717, 1.165) is 19.4 Å². The van der Waals surface area contributed by atoms with Gasteiger partial charge in [0, 0.05) is 45.1 Å². The molecular formula is C21H21FN6O2S. The van der Waals surface area contributed by atoms with Crippen LogP contribution in [0.4, 0.5) is 16.2 Å². The lowest BCUT2D eigenvalue weighted by Gasteiger charge is -2.32. The van der Waals surface area contributed by atoms with Gasteiger partial charge in [-0.05, 0) is 37.0 Å². The Balaban J connectivity index is 1.40. The van der Waals surface area contributed by atoms with E-state index in [9.17, 15) is 14.3 Å². The van der Waals surface area contributed by atoms with Crippen molar-refractivity contribution in [1.82, 2.24) is 19.9 Å². The van der Waals surface area contributed by atoms with Gasteiger partial charge in [-0.25, -0.2) is 19.9 Å². The summed E-state index contributed by atoms with van der Waals surface area (Å²) in [5.41, 5.74) is 0.955. The molecule has 1 atom stereocenters. The number of aliphatic hydroxyl groups is 1. The van der Waals surface area contributed by atoms with Crippen LogP contribution >= 0.6 is 11.3 Å². The lowest BCUT2D eigenvalue weighted by atomic mass is 9.99. The summed E-state index contributed by atoms with van der Waals surface area (Å²) in [6.45, 7) is 2.01. The Labute approximate surface area is 182 Å². The molecule has 5 rings (SSSR count). The van der Waals surface area contributed by atoms with Gasteiger partial charge in [-0.2, -0.15) is 4.39 Å². The van der Waals surface area contributed by atoms with Gasteiger partial charge in [-0.1, -0.05) is 0 Å². The monoisotopic (exact) mass is 440 g/mol. The van der Waals surface area contributed by atoms with E-state index in [2.05, 4.69) is 19.9 Å². The highest BCUT2D eigenvalue weighted by atomic mass is 32.1. The van der Waals surface area contributed by atoms with Crippen molar-refractivity contribution < 1.29 is 14.3 Å².